The minimum absolute atomic E-state index is 0.127. The van der Waals surface area contributed by atoms with Gasteiger partial charge in [0.05, 0.1) is 5.69 Å². The van der Waals surface area contributed by atoms with Gasteiger partial charge in [-0.3, -0.25) is 5.01 Å². The second kappa shape index (κ2) is 5.24. The van der Waals surface area contributed by atoms with Gasteiger partial charge in [-0.05, 0) is 51.0 Å². The van der Waals surface area contributed by atoms with Crippen molar-refractivity contribution in [3.05, 3.63) is 29.8 Å². The highest BCUT2D eigenvalue weighted by Crippen LogP contribution is 2.22. The van der Waals surface area contributed by atoms with Crippen molar-refractivity contribution in [2.24, 2.45) is 0 Å². The predicted octanol–water partition coefficient (Wildman–Crippen LogP) is 3.10. The van der Waals surface area contributed by atoms with Crippen molar-refractivity contribution >= 4 is 23.0 Å². The Bertz CT molecular complexity index is 429. The van der Waals surface area contributed by atoms with Crippen LogP contribution in [0.1, 0.15) is 38.7 Å². The fourth-order valence-electron chi connectivity index (χ4n) is 2.14. The standard InChI is InChI=1S/C14H21N3S/c1-4-5-10-14(3)15-13(18)17(16-14)12-8-6-11(2)7-9-12/h6-9,16H,4-5,10H2,1-3H3,(H,15,18)/t14-/m0/s1. The van der Waals surface area contributed by atoms with E-state index in [2.05, 4.69) is 55.8 Å². The van der Waals surface area contributed by atoms with Crippen molar-refractivity contribution in [1.82, 2.24) is 10.7 Å². The lowest BCUT2D eigenvalue weighted by Gasteiger charge is -2.25. The number of unbranched alkanes of at least 4 members (excludes halogenated alkanes) is 1. The minimum atomic E-state index is -0.127. The van der Waals surface area contributed by atoms with E-state index in [1.54, 1.807) is 0 Å². The summed E-state index contributed by atoms with van der Waals surface area (Å²) >= 11 is 5.41. The lowest BCUT2D eigenvalue weighted by molar-refractivity contribution is 0.337. The van der Waals surface area contributed by atoms with Gasteiger partial charge in [0.15, 0.2) is 5.11 Å². The summed E-state index contributed by atoms with van der Waals surface area (Å²) in [6.45, 7) is 6.45. The third kappa shape index (κ3) is 2.82. The van der Waals surface area contributed by atoms with Crippen LogP contribution in [-0.4, -0.2) is 10.8 Å². The third-order valence-corrected chi connectivity index (χ3v) is 3.55. The third-order valence-electron chi connectivity index (χ3n) is 3.27. The summed E-state index contributed by atoms with van der Waals surface area (Å²) in [5, 5.41) is 6.08. The molecule has 0 aliphatic carbocycles. The maximum absolute atomic E-state index is 5.41. The number of nitrogens with one attached hydrogen (secondary N) is 2. The van der Waals surface area contributed by atoms with E-state index in [9.17, 15) is 0 Å². The zero-order valence-electron chi connectivity index (χ0n) is 11.3. The monoisotopic (exact) mass is 263 g/mol. The van der Waals surface area contributed by atoms with Crippen molar-refractivity contribution < 1.29 is 0 Å². The van der Waals surface area contributed by atoms with E-state index in [0.29, 0.717) is 0 Å². The van der Waals surface area contributed by atoms with Gasteiger partial charge in [-0.15, -0.1) is 0 Å². The molecule has 0 amide bonds. The largest absolute Gasteiger partial charge is 0.342 e. The van der Waals surface area contributed by atoms with Crippen molar-refractivity contribution in [2.75, 3.05) is 5.01 Å². The van der Waals surface area contributed by atoms with Gasteiger partial charge in [-0.1, -0.05) is 31.0 Å². The molecule has 0 spiro atoms. The van der Waals surface area contributed by atoms with Crippen LogP contribution in [0.3, 0.4) is 0 Å². The van der Waals surface area contributed by atoms with Crippen LogP contribution in [0.25, 0.3) is 0 Å². The molecule has 1 aliphatic rings. The molecule has 3 nitrogen and oxygen atoms in total. The summed E-state index contributed by atoms with van der Waals surface area (Å²) in [5.74, 6) is 0. The van der Waals surface area contributed by atoms with Gasteiger partial charge in [-0.25, -0.2) is 5.43 Å². The lowest BCUT2D eigenvalue weighted by Crippen LogP contribution is -2.48. The van der Waals surface area contributed by atoms with Gasteiger partial charge in [0.25, 0.3) is 0 Å². The van der Waals surface area contributed by atoms with Crippen LogP contribution in [0.2, 0.25) is 0 Å². The molecule has 0 aromatic heterocycles. The van der Waals surface area contributed by atoms with Crippen LogP contribution < -0.4 is 15.8 Å². The summed E-state index contributed by atoms with van der Waals surface area (Å²) in [4.78, 5) is 0. The number of nitrogens with zero attached hydrogens (tertiary/aromatic N) is 1. The van der Waals surface area contributed by atoms with Gasteiger partial charge < -0.3 is 5.32 Å². The molecule has 98 valence electrons. The second-order valence-electron chi connectivity index (χ2n) is 5.15. The van der Waals surface area contributed by atoms with Gasteiger partial charge in [0, 0.05) is 0 Å². The first kappa shape index (κ1) is 13.3. The number of anilines is 1. The summed E-state index contributed by atoms with van der Waals surface area (Å²) in [5.41, 5.74) is 5.68. The topological polar surface area (TPSA) is 27.3 Å². The molecule has 1 aromatic carbocycles. The van der Waals surface area contributed by atoms with Crippen LogP contribution in [0.15, 0.2) is 24.3 Å². The zero-order valence-corrected chi connectivity index (χ0v) is 12.1. The van der Waals surface area contributed by atoms with Crippen LogP contribution >= 0.6 is 12.2 Å². The Morgan fingerprint density at radius 1 is 1.28 bits per heavy atom. The highest BCUT2D eigenvalue weighted by molar-refractivity contribution is 7.80. The van der Waals surface area contributed by atoms with E-state index in [0.717, 1.165) is 17.2 Å². The summed E-state index contributed by atoms with van der Waals surface area (Å²) in [6.07, 6.45) is 3.43. The minimum Gasteiger partial charge on any atom is -0.342 e. The van der Waals surface area contributed by atoms with Gasteiger partial charge >= 0.3 is 0 Å². The average Bonchev–Trinajstić information content (AvgIpc) is 2.64. The molecule has 1 saturated heterocycles. The van der Waals surface area contributed by atoms with E-state index in [4.69, 9.17) is 12.2 Å². The molecule has 1 aromatic rings. The summed E-state index contributed by atoms with van der Waals surface area (Å²) in [6, 6.07) is 8.37. The quantitative estimate of drug-likeness (QED) is 0.816. The summed E-state index contributed by atoms with van der Waals surface area (Å²) < 4.78 is 0. The van der Waals surface area contributed by atoms with Crippen LogP contribution in [0, 0.1) is 6.92 Å². The molecule has 0 bridgehead atoms. The highest BCUT2D eigenvalue weighted by atomic mass is 32.1. The number of aryl methyl sites for hydroxylation is 1. The molecule has 0 saturated carbocycles. The van der Waals surface area contributed by atoms with Crippen LogP contribution in [0.4, 0.5) is 5.69 Å². The average molecular weight is 263 g/mol. The second-order valence-corrected chi connectivity index (χ2v) is 5.54. The van der Waals surface area contributed by atoms with Crippen molar-refractivity contribution in [3.63, 3.8) is 0 Å². The Kier molecular flexibility index (Phi) is 3.88. The van der Waals surface area contributed by atoms with Gasteiger partial charge in [-0.2, -0.15) is 0 Å². The fourth-order valence-corrected chi connectivity index (χ4v) is 2.52. The van der Waals surface area contributed by atoms with E-state index in [1.165, 1.54) is 18.4 Å². The van der Waals surface area contributed by atoms with Crippen molar-refractivity contribution in [1.29, 1.82) is 0 Å². The molecule has 18 heavy (non-hydrogen) atoms. The number of rotatable bonds is 4. The Balaban J connectivity index is 2.11. The lowest BCUT2D eigenvalue weighted by atomic mass is 10.1. The molecule has 1 heterocycles. The van der Waals surface area contributed by atoms with E-state index in [-0.39, 0.29) is 5.66 Å². The van der Waals surface area contributed by atoms with Crippen molar-refractivity contribution in [2.45, 2.75) is 45.7 Å². The Labute approximate surface area is 115 Å². The normalized spacial score (nSPS) is 23.3. The molecule has 2 N–H and O–H groups in total. The molecule has 1 aliphatic heterocycles. The SMILES string of the molecule is CCCC[C@@]1(C)NC(=S)N(c2ccc(C)cc2)N1. The molecule has 2 rings (SSSR count). The Morgan fingerprint density at radius 3 is 2.56 bits per heavy atom. The zero-order chi connectivity index (χ0) is 13.2. The fraction of sp³-hybridized carbons (Fsp3) is 0.500. The molecule has 4 heteroatoms. The Morgan fingerprint density at radius 2 is 1.94 bits per heavy atom. The molecular formula is C14H21N3S. The first-order valence-corrected chi connectivity index (χ1v) is 6.92. The smallest absolute Gasteiger partial charge is 0.189 e. The molecule has 1 atom stereocenters. The number of hydrogen-bond acceptors (Lipinski definition) is 2. The maximum atomic E-state index is 5.41. The van der Waals surface area contributed by atoms with E-state index in [1.807, 2.05) is 5.01 Å². The number of hydrogen-bond donors (Lipinski definition) is 2. The predicted molar refractivity (Wildman–Crippen MR) is 80.5 cm³/mol. The highest BCUT2D eigenvalue weighted by Gasteiger charge is 2.35. The number of thiocarbonyl (C=S) groups is 1. The van der Waals surface area contributed by atoms with E-state index < -0.39 is 0 Å². The van der Waals surface area contributed by atoms with Crippen LogP contribution in [0.5, 0.6) is 0 Å². The molecule has 1 fully saturated rings. The van der Waals surface area contributed by atoms with Gasteiger partial charge in [0.1, 0.15) is 5.66 Å². The number of benzene rings is 1. The van der Waals surface area contributed by atoms with Gasteiger partial charge in [0.2, 0.25) is 0 Å². The van der Waals surface area contributed by atoms with Crippen molar-refractivity contribution in [3.8, 4) is 0 Å². The number of hydrazine groups is 1. The van der Waals surface area contributed by atoms with Crippen LogP contribution in [-0.2, 0) is 0 Å². The Hall–Kier alpha value is -1.13. The molecule has 0 radical (unpaired) electrons. The molecular weight excluding hydrogens is 242 g/mol. The van der Waals surface area contributed by atoms with E-state index >= 15 is 0 Å². The maximum Gasteiger partial charge on any atom is 0.189 e. The first-order chi connectivity index (χ1) is 8.54. The first-order valence-electron chi connectivity index (χ1n) is 6.51. The summed E-state index contributed by atoms with van der Waals surface area (Å²) in [7, 11) is 0. The molecule has 0 unspecified atom stereocenters.